The van der Waals surface area contributed by atoms with Crippen molar-refractivity contribution in [2.75, 3.05) is 0 Å². The highest BCUT2D eigenvalue weighted by atomic mass is 79.9. The van der Waals surface area contributed by atoms with E-state index in [0.29, 0.717) is 0 Å². The molecule has 1 nitrogen and oxygen atoms in total. The predicted molar refractivity (Wildman–Crippen MR) is 60.6 cm³/mol. The fraction of sp³-hybridized carbons (Fsp3) is 1.00. The van der Waals surface area contributed by atoms with Crippen LogP contribution in [0.1, 0.15) is 64.7 Å². The molecule has 0 N–H and O–H groups in total. The van der Waals surface area contributed by atoms with Crippen LogP contribution in [0.25, 0.3) is 0 Å². The number of alkyl halides is 1. The van der Waals surface area contributed by atoms with Crippen molar-refractivity contribution in [2.45, 2.75) is 69.7 Å². The first-order valence-electron chi connectivity index (χ1n) is 5.57. The molecule has 0 aromatic heterocycles. The molecule has 0 aromatic carbocycles. The van der Waals surface area contributed by atoms with Crippen LogP contribution in [0.2, 0.25) is 0 Å². The molecule has 79 valence electrons. The van der Waals surface area contributed by atoms with Crippen LogP contribution < -0.4 is 0 Å². The van der Waals surface area contributed by atoms with Crippen molar-refractivity contribution < 1.29 is 5.11 Å². The van der Waals surface area contributed by atoms with Crippen LogP contribution in [0.15, 0.2) is 0 Å². The molecular formula is C11H22BrO. The molecule has 1 unspecified atom stereocenters. The van der Waals surface area contributed by atoms with Gasteiger partial charge < -0.3 is 0 Å². The molecule has 0 aliphatic rings. The van der Waals surface area contributed by atoms with Gasteiger partial charge in [0.1, 0.15) is 5.01 Å². The van der Waals surface area contributed by atoms with Gasteiger partial charge in [-0.05, 0) is 12.8 Å². The maximum absolute atomic E-state index is 10.6. The summed E-state index contributed by atoms with van der Waals surface area (Å²) in [4.78, 5) is 0. The lowest BCUT2D eigenvalue weighted by Crippen LogP contribution is -1.91. The topological polar surface area (TPSA) is 19.9 Å². The average molecular weight is 250 g/mol. The molecule has 0 bridgehead atoms. The Bertz CT molecular complexity index is 94.1. The van der Waals surface area contributed by atoms with Crippen molar-refractivity contribution in [3.63, 3.8) is 0 Å². The summed E-state index contributed by atoms with van der Waals surface area (Å²) in [5.41, 5.74) is 0. The minimum Gasteiger partial charge on any atom is -0.221 e. The second kappa shape index (κ2) is 10.5. The van der Waals surface area contributed by atoms with E-state index in [1.165, 1.54) is 44.9 Å². The first kappa shape index (κ1) is 13.4. The summed E-state index contributed by atoms with van der Waals surface area (Å²) < 4.78 is 0. The molecule has 0 saturated carbocycles. The first-order valence-corrected chi connectivity index (χ1v) is 6.48. The van der Waals surface area contributed by atoms with Gasteiger partial charge in [0.05, 0.1) is 0 Å². The van der Waals surface area contributed by atoms with E-state index in [2.05, 4.69) is 22.9 Å². The second-order valence-electron chi connectivity index (χ2n) is 3.67. The third-order valence-electron chi connectivity index (χ3n) is 2.28. The van der Waals surface area contributed by atoms with Gasteiger partial charge in [0.25, 0.3) is 0 Å². The Labute approximate surface area is 91.1 Å². The lowest BCUT2D eigenvalue weighted by atomic mass is 10.1. The van der Waals surface area contributed by atoms with E-state index in [-0.39, 0.29) is 0 Å². The Morgan fingerprint density at radius 2 is 1.38 bits per heavy atom. The fourth-order valence-corrected chi connectivity index (χ4v) is 1.76. The molecule has 0 spiro atoms. The minimum atomic E-state index is -0.535. The van der Waals surface area contributed by atoms with Crippen LogP contribution in [-0.4, -0.2) is 5.01 Å². The molecule has 0 aliphatic heterocycles. The number of hydrogen-bond acceptors (Lipinski definition) is 0. The molecule has 0 heterocycles. The fourth-order valence-electron chi connectivity index (χ4n) is 1.44. The van der Waals surface area contributed by atoms with E-state index in [4.69, 9.17) is 0 Å². The quantitative estimate of drug-likeness (QED) is 0.418. The summed E-state index contributed by atoms with van der Waals surface area (Å²) in [7, 11) is 0. The van der Waals surface area contributed by atoms with Crippen LogP contribution in [-0.2, 0) is 5.11 Å². The van der Waals surface area contributed by atoms with E-state index >= 15 is 0 Å². The van der Waals surface area contributed by atoms with Gasteiger partial charge in [-0.25, -0.2) is 5.11 Å². The van der Waals surface area contributed by atoms with Crippen LogP contribution >= 0.6 is 15.9 Å². The number of halogens is 1. The lowest BCUT2D eigenvalue weighted by Gasteiger charge is -2.01. The summed E-state index contributed by atoms with van der Waals surface area (Å²) in [6, 6.07) is 0. The molecule has 0 aromatic rings. The number of rotatable bonds is 9. The Morgan fingerprint density at radius 3 is 1.85 bits per heavy atom. The molecule has 1 atom stereocenters. The van der Waals surface area contributed by atoms with Gasteiger partial charge in [0, 0.05) is 0 Å². The standard InChI is InChI=1S/C11H22BrO/c1-2-3-4-5-6-7-8-9-10-11(12)13/h11H,2-10H2,1H3. The zero-order chi connectivity index (χ0) is 9.94. The van der Waals surface area contributed by atoms with E-state index in [0.717, 1.165) is 12.8 Å². The highest BCUT2D eigenvalue weighted by Gasteiger charge is 1.98. The third-order valence-corrected chi connectivity index (χ3v) is 2.74. The van der Waals surface area contributed by atoms with Gasteiger partial charge in [-0.2, -0.15) is 0 Å². The molecule has 13 heavy (non-hydrogen) atoms. The Hall–Kier alpha value is 0.440. The van der Waals surface area contributed by atoms with Gasteiger partial charge in [-0.1, -0.05) is 67.8 Å². The van der Waals surface area contributed by atoms with Crippen LogP contribution in [0.4, 0.5) is 0 Å². The first-order chi connectivity index (χ1) is 6.27. The molecular weight excluding hydrogens is 228 g/mol. The molecule has 0 fully saturated rings. The van der Waals surface area contributed by atoms with Gasteiger partial charge in [0.2, 0.25) is 0 Å². The molecule has 0 rings (SSSR count). The zero-order valence-corrected chi connectivity index (χ0v) is 10.3. The van der Waals surface area contributed by atoms with Crippen LogP contribution in [0.3, 0.4) is 0 Å². The second-order valence-corrected chi connectivity index (χ2v) is 4.69. The molecule has 1 radical (unpaired) electrons. The summed E-state index contributed by atoms with van der Waals surface area (Å²) in [5, 5.41) is 10.1. The van der Waals surface area contributed by atoms with Gasteiger partial charge in [-0.3, -0.25) is 0 Å². The van der Waals surface area contributed by atoms with Crippen molar-refractivity contribution in [3.8, 4) is 0 Å². The van der Waals surface area contributed by atoms with Crippen molar-refractivity contribution in [1.29, 1.82) is 0 Å². The van der Waals surface area contributed by atoms with Gasteiger partial charge >= 0.3 is 0 Å². The maximum Gasteiger partial charge on any atom is 0.147 e. The SMILES string of the molecule is CCCCCCCCCCC([O])Br. The highest BCUT2D eigenvalue weighted by molar-refractivity contribution is 9.09. The summed E-state index contributed by atoms with van der Waals surface area (Å²) in [6.07, 6.45) is 11.2. The van der Waals surface area contributed by atoms with Crippen molar-refractivity contribution in [1.82, 2.24) is 0 Å². The van der Waals surface area contributed by atoms with E-state index < -0.39 is 5.01 Å². The van der Waals surface area contributed by atoms with Gasteiger partial charge in [-0.15, -0.1) is 0 Å². The molecule has 0 aliphatic carbocycles. The van der Waals surface area contributed by atoms with Crippen LogP contribution in [0.5, 0.6) is 0 Å². The largest absolute Gasteiger partial charge is 0.221 e. The van der Waals surface area contributed by atoms with Crippen molar-refractivity contribution in [2.24, 2.45) is 0 Å². The Balaban J connectivity index is 2.84. The summed E-state index contributed by atoms with van der Waals surface area (Å²) in [5.74, 6) is 0. The smallest absolute Gasteiger partial charge is 0.147 e. The van der Waals surface area contributed by atoms with Crippen molar-refractivity contribution in [3.05, 3.63) is 0 Å². The lowest BCUT2D eigenvalue weighted by molar-refractivity contribution is 0.160. The van der Waals surface area contributed by atoms with Crippen molar-refractivity contribution >= 4 is 15.9 Å². The third kappa shape index (κ3) is 12.4. The van der Waals surface area contributed by atoms with E-state index in [1.807, 2.05) is 0 Å². The van der Waals surface area contributed by atoms with Gasteiger partial charge in [0.15, 0.2) is 0 Å². The normalized spacial score (nSPS) is 13.2. The molecule has 0 saturated heterocycles. The highest BCUT2D eigenvalue weighted by Crippen LogP contribution is 2.12. The summed E-state index contributed by atoms with van der Waals surface area (Å²) in [6.45, 7) is 2.24. The number of unbranched alkanes of at least 4 members (excludes halogenated alkanes) is 7. The summed E-state index contributed by atoms with van der Waals surface area (Å²) >= 11 is 3.02. The molecule has 2 heteroatoms. The monoisotopic (exact) mass is 249 g/mol. The predicted octanol–water partition coefficient (Wildman–Crippen LogP) is 4.67. The number of hydrogen-bond donors (Lipinski definition) is 0. The Kier molecular flexibility index (Phi) is 10.9. The van der Waals surface area contributed by atoms with E-state index in [1.54, 1.807) is 0 Å². The van der Waals surface area contributed by atoms with Crippen LogP contribution in [0, 0.1) is 0 Å². The Morgan fingerprint density at radius 1 is 0.923 bits per heavy atom. The average Bonchev–Trinajstić information content (AvgIpc) is 2.09. The molecule has 0 amide bonds. The zero-order valence-electron chi connectivity index (χ0n) is 8.73. The minimum absolute atomic E-state index is 0.535. The maximum atomic E-state index is 10.6. The van der Waals surface area contributed by atoms with E-state index in [9.17, 15) is 5.11 Å².